The molecule has 0 bridgehead atoms. The van der Waals surface area contributed by atoms with Crippen LogP contribution in [0.25, 0.3) is 0 Å². The Morgan fingerprint density at radius 2 is 2.33 bits per heavy atom. The third-order valence-electron chi connectivity index (χ3n) is 2.48. The van der Waals surface area contributed by atoms with E-state index >= 15 is 0 Å². The van der Waals surface area contributed by atoms with E-state index in [0.29, 0.717) is 13.0 Å². The molecule has 2 rings (SSSR count). The van der Waals surface area contributed by atoms with E-state index in [9.17, 15) is 4.79 Å². The van der Waals surface area contributed by atoms with Crippen molar-refractivity contribution in [1.29, 1.82) is 0 Å². The standard InChI is InChI=1S/C13H18N2O3/c1-13(2,3)18-12(16)15-9-6-8-17-10-5-4-7-14-11(9)10/h4-5,7,9H,6,8H2,1-3H3,(H,15,16). The molecule has 0 fully saturated rings. The SMILES string of the molecule is CC(C)(C)OC(=O)NC1CCOc2cccnc21. The second kappa shape index (κ2) is 4.84. The van der Waals surface area contributed by atoms with Gasteiger partial charge in [-0.05, 0) is 32.9 Å². The first kappa shape index (κ1) is 12.7. The number of rotatable bonds is 1. The van der Waals surface area contributed by atoms with Gasteiger partial charge in [-0.1, -0.05) is 0 Å². The number of nitrogens with one attached hydrogen (secondary N) is 1. The average Bonchev–Trinajstić information content (AvgIpc) is 2.27. The van der Waals surface area contributed by atoms with Crippen LogP contribution in [0.4, 0.5) is 4.79 Å². The van der Waals surface area contributed by atoms with Gasteiger partial charge in [0, 0.05) is 12.6 Å². The van der Waals surface area contributed by atoms with Crippen molar-refractivity contribution in [3.63, 3.8) is 0 Å². The minimum atomic E-state index is -0.498. The Morgan fingerprint density at radius 3 is 3.06 bits per heavy atom. The molecule has 1 aromatic rings. The number of ether oxygens (including phenoxy) is 2. The Bertz CT molecular complexity index is 440. The fourth-order valence-electron chi connectivity index (χ4n) is 1.80. The van der Waals surface area contributed by atoms with Gasteiger partial charge in [-0.25, -0.2) is 4.79 Å². The Balaban J connectivity index is 2.05. The van der Waals surface area contributed by atoms with Crippen molar-refractivity contribution < 1.29 is 14.3 Å². The van der Waals surface area contributed by atoms with Crippen molar-refractivity contribution in [3.05, 3.63) is 24.0 Å². The zero-order valence-electron chi connectivity index (χ0n) is 10.9. The van der Waals surface area contributed by atoms with E-state index in [-0.39, 0.29) is 6.04 Å². The predicted molar refractivity (Wildman–Crippen MR) is 66.5 cm³/mol. The Hall–Kier alpha value is -1.78. The number of fused-ring (bicyclic) bond motifs is 1. The zero-order valence-corrected chi connectivity index (χ0v) is 10.9. The summed E-state index contributed by atoms with van der Waals surface area (Å²) in [4.78, 5) is 16.0. The van der Waals surface area contributed by atoms with Gasteiger partial charge in [-0.2, -0.15) is 0 Å². The van der Waals surface area contributed by atoms with Crippen molar-refractivity contribution in [2.45, 2.75) is 38.8 Å². The van der Waals surface area contributed by atoms with Gasteiger partial charge in [0.05, 0.1) is 12.6 Å². The van der Waals surface area contributed by atoms with Crippen LogP contribution < -0.4 is 10.1 Å². The van der Waals surface area contributed by atoms with Gasteiger partial charge in [0.15, 0.2) is 0 Å². The first-order valence-corrected chi connectivity index (χ1v) is 6.03. The van der Waals surface area contributed by atoms with Gasteiger partial charge in [0.2, 0.25) is 0 Å². The lowest BCUT2D eigenvalue weighted by atomic mass is 10.1. The summed E-state index contributed by atoms with van der Waals surface area (Å²) in [5.74, 6) is 0.727. The van der Waals surface area contributed by atoms with Gasteiger partial charge in [-0.3, -0.25) is 4.98 Å². The number of pyridine rings is 1. The van der Waals surface area contributed by atoms with E-state index in [2.05, 4.69) is 10.3 Å². The van der Waals surface area contributed by atoms with Crippen LogP contribution in [0.15, 0.2) is 18.3 Å². The first-order chi connectivity index (χ1) is 8.46. The van der Waals surface area contributed by atoms with Gasteiger partial charge < -0.3 is 14.8 Å². The molecule has 1 aromatic heterocycles. The highest BCUT2D eigenvalue weighted by Crippen LogP contribution is 2.29. The maximum atomic E-state index is 11.7. The number of hydrogen-bond donors (Lipinski definition) is 1. The number of carbonyl (C=O) groups is 1. The first-order valence-electron chi connectivity index (χ1n) is 6.03. The largest absolute Gasteiger partial charge is 0.491 e. The lowest BCUT2D eigenvalue weighted by Crippen LogP contribution is -2.37. The van der Waals surface area contributed by atoms with E-state index in [1.54, 1.807) is 6.20 Å². The number of amides is 1. The molecule has 0 saturated carbocycles. The molecular formula is C13H18N2O3. The number of alkyl carbamates (subject to hydrolysis) is 1. The highest BCUT2D eigenvalue weighted by molar-refractivity contribution is 5.68. The lowest BCUT2D eigenvalue weighted by molar-refractivity contribution is 0.0489. The molecule has 1 unspecified atom stereocenters. The van der Waals surface area contributed by atoms with E-state index in [0.717, 1.165) is 11.4 Å². The van der Waals surface area contributed by atoms with E-state index in [4.69, 9.17) is 9.47 Å². The molecule has 1 aliphatic heterocycles. The van der Waals surface area contributed by atoms with Crippen LogP contribution in [0.1, 0.15) is 38.9 Å². The fourth-order valence-corrected chi connectivity index (χ4v) is 1.80. The molecule has 0 saturated heterocycles. The minimum absolute atomic E-state index is 0.148. The van der Waals surface area contributed by atoms with Crippen LogP contribution in [0, 0.1) is 0 Å². The second-order valence-corrected chi connectivity index (χ2v) is 5.22. The van der Waals surface area contributed by atoms with Crippen LogP contribution in [0.2, 0.25) is 0 Å². The summed E-state index contributed by atoms with van der Waals surface area (Å²) in [6.45, 7) is 6.08. The molecule has 0 aliphatic carbocycles. The molecule has 1 atom stereocenters. The number of aromatic nitrogens is 1. The normalized spacial score (nSPS) is 18.5. The second-order valence-electron chi connectivity index (χ2n) is 5.22. The van der Waals surface area contributed by atoms with Gasteiger partial charge in [0.25, 0.3) is 0 Å². The molecular weight excluding hydrogens is 232 g/mol. The summed E-state index contributed by atoms with van der Waals surface area (Å²) >= 11 is 0. The molecule has 5 nitrogen and oxygen atoms in total. The smallest absolute Gasteiger partial charge is 0.408 e. The number of carbonyl (C=O) groups excluding carboxylic acids is 1. The Morgan fingerprint density at radius 1 is 1.56 bits per heavy atom. The molecule has 0 spiro atoms. The maximum Gasteiger partial charge on any atom is 0.408 e. The third-order valence-corrected chi connectivity index (χ3v) is 2.48. The third kappa shape index (κ3) is 3.12. The summed E-state index contributed by atoms with van der Waals surface area (Å²) in [6.07, 6.45) is 1.96. The maximum absolute atomic E-state index is 11.7. The summed E-state index contributed by atoms with van der Waals surface area (Å²) in [6, 6.07) is 3.52. The molecule has 1 N–H and O–H groups in total. The summed E-state index contributed by atoms with van der Waals surface area (Å²) in [5, 5.41) is 2.83. The highest BCUT2D eigenvalue weighted by atomic mass is 16.6. The summed E-state index contributed by atoms with van der Waals surface area (Å²) < 4.78 is 10.7. The van der Waals surface area contributed by atoms with Crippen molar-refractivity contribution in [2.75, 3.05) is 6.61 Å². The number of nitrogens with zero attached hydrogens (tertiary/aromatic N) is 1. The zero-order chi connectivity index (χ0) is 13.2. The van der Waals surface area contributed by atoms with Crippen molar-refractivity contribution in [1.82, 2.24) is 10.3 Å². The van der Waals surface area contributed by atoms with Gasteiger partial charge in [-0.15, -0.1) is 0 Å². The van der Waals surface area contributed by atoms with Gasteiger partial charge >= 0.3 is 6.09 Å². The summed E-state index contributed by atoms with van der Waals surface area (Å²) in [7, 11) is 0. The topological polar surface area (TPSA) is 60.5 Å². The van der Waals surface area contributed by atoms with E-state index < -0.39 is 11.7 Å². The molecule has 18 heavy (non-hydrogen) atoms. The van der Waals surface area contributed by atoms with Crippen LogP contribution in [-0.2, 0) is 4.74 Å². The molecule has 98 valence electrons. The Labute approximate surface area is 107 Å². The lowest BCUT2D eigenvalue weighted by Gasteiger charge is -2.27. The fraction of sp³-hybridized carbons (Fsp3) is 0.538. The van der Waals surface area contributed by atoms with Crippen molar-refractivity contribution in [2.24, 2.45) is 0 Å². The predicted octanol–water partition coefficient (Wildman–Crippen LogP) is 2.43. The molecule has 0 radical (unpaired) electrons. The minimum Gasteiger partial charge on any atom is -0.491 e. The average molecular weight is 250 g/mol. The molecule has 1 aliphatic rings. The quantitative estimate of drug-likeness (QED) is 0.831. The number of hydrogen-bond acceptors (Lipinski definition) is 4. The van der Waals surface area contributed by atoms with E-state index in [1.807, 2.05) is 32.9 Å². The molecule has 0 aromatic carbocycles. The molecule has 2 heterocycles. The van der Waals surface area contributed by atoms with E-state index in [1.165, 1.54) is 0 Å². The van der Waals surface area contributed by atoms with Crippen molar-refractivity contribution in [3.8, 4) is 5.75 Å². The van der Waals surface area contributed by atoms with Crippen molar-refractivity contribution >= 4 is 6.09 Å². The summed E-state index contributed by atoms with van der Waals surface area (Å²) in [5.41, 5.74) is 0.261. The Kier molecular flexibility index (Phi) is 3.41. The monoisotopic (exact) mass is 250 g/mol. The van der Waals surface area contributed by atoms with Crippen LogP contribution in [-0.4, -0.2) is 23.3 Å². The molecule has 1 amide bonds. The highest BCUT2D eigenvalue weighted by Gasteiger charge is 2.26. The van der Waals surface area contributed by atoms with Gasteiger partial charge in [0.1, 0.15) is 17.0 Å². The van der Waals surface area contributed by atoms with Crippen LogP contribution in [0.5, 0.6) is 5.75 Å². The molecule has 5 heteroatoms. The van der Waals surface area contributed by atoms with Crippen LogP contribution in [0.3, 0.4) is 0 Å². The van der Waals surface area contributed by atoms with Crippen LogP contribution >= 0.6 is 0 Å².